The van der Waals surface area contributed by atoms with Gasteiger partial charge in [0.15, 0.2) is 23.6 Å². The number of ether oxygens (including phenoxy) is 4. The Bertz CT molecular complexity index is 1780. The summed E-state index contributed by atoms with van der Waals surface area (Å²) in [5.41, 5.74) is -1.20. The number of alkyl carbamates (subject to hydrolysis) is 1. The first-order valence-electron chi connectivity index (χ1n) is 15.4. The largest absolute Gasteiger partial charge is 0.508 e. The van der Waals surface area contributed by atoms with Crippen LogP contribution in [0.5, 0.6) is 17.2 Å². The van der Waals surface area contributed by atoms with E-state index in [0.717, 1.165) is 5.57 Å². The minimum atomic E-state index is -1.50. The minimum Gasteiger partial charge on any atom is -0.508 e. The van der Waals surface area contributed by atoms with E-state index in [0.29, 0.717) is 12.0 Å². The van der Waals surface area contributed by atoms with E-state index in [2.05, 4.69) is 10.6 Å². The summed E-state index contributed by atoms with van der Waals surface area (Å²) < 4.78 is 28.8. The van der Waals surface area contributed by atoms with E-state index in [1.165, 1.54) is 37.4 Å². The number of nitrogens with one attached hydrogen (secondary N) is 2. The summed E-state index contributed by atoms with van der Waals surface area (Å²) in [6, 6.07) is 7.19. The summed E-state index contributed by atoms with van der Waals surface area (Å²) >= 11 is 0. The van der Waals surface area contributed by atoms with Gasteiger partial charge in [0.25, 0.3) is 5.91 Å². The zero-order valence-corrected chi connectivity index (χ0v) is 28.6. The maximum atomic E-state index is 13.1. The molecule has 1 aromatic heterocycles. The number of hydrogen-bond donors (Lipinski definition) is 5. The molecular formula is C35H44N2O11. The Morgan fingerprint density at radius 1 is 1.10 bits per heavy atom. The molecular weight excluding hydrogens is 624 g/mol. The summed E-state index contributed by atoms with van der Waals surface area (Å²) in [4.78, 5) is 38.8. The molecule has 2 heterocycles. The average molecular weight is 669 g/mol. The molecule has 2 aromatic carbocycles. The first-order chi connectivity index (χ1) is 22.3. The van der Waals surface area contributed by atoms with Crippen LogP contribution >= 0.6 is 0 Å². The van der Waals surface area contributed by atoms with Gasteiger partial charge in [0, 0.05) is 23.8 Å². The Balaban J connectivity index is 1.61. The Kier molecular flexibility index (Phi) is 10.5. The molecule has 0 spiro atoms. The fourth-order valence-corrected chi connectivity index (χ4v) is 5.39. The van der Waals surface area contributed by atoms with Crippen molar-refractivity contribution >= 4 is 28.7 Å². The first-order valence-corrected chi connectivity index (χ1v) is 15.4. The molecule has 2 amide bonds. The third kappa shape index (κ3) is 7.92. The third-order valence-electron chi connectivity index (χ3n) is 7.79. The lowest BCUT2D eigenvalue weighted by Crippen LogP contribution is -2.65. The second kappa shape index (κ2) is 13.9. The number of methoxy groups -OCH3 is 1. The van der Waals surface area contributed by atoms with Crippen LogP contribution in [0, 0.1) is 6.92 Å². The minimum absolute atomic E-state index is 0.0212. The monoisotopic (exact) mass is 668 g/mol. The van der Waals surface area contributed by atoms with Crippen molar-refractivity contribution in [3.63, 3.8) is 0 Å². The predicted molar refractivity (Wildman–Crippen MR) is 178 cm³/mol. The molecule has 1 fully saturated rings. The van der Waals surface area contributed by atoms with Gasteiger partial charge in [-0.3, -0.25) is 4.79 Å². The van der Waals surface area contributed by atoms with Gasteiger partial charge < -0.3 is 49.3 Å². The number of aliphatic hydroxyl groups is 1. The number of phenols is 1. The number of carbonyl (C=O) groups excluding carboxylic acids is 2. The fourth-order valence-electron chi connectivity index (χ4n) is 5.39. The van der Waals surface area contributed by atoms with Crippen LogP contribution in [-0.4, -0.2) is 70.2 Å². The Hall–Kier alpha value is -4.59. The van der Waals surface area contributed by atoms with Crippen LogP contribution in [0.4, 0.5) is 10.5 Å². The van der Waals surface area contributed by atoms with E-state index in [4.69, 9.17) is 23.4 Å². The number of rotatable bonds is 8. The number of carbonyl (C=O) groups is 2. The number of benzene rings is 2. The molecule has 3 aromatic rings. The van der Waals surface area contributed by atoms with Crippen LogP contribution in [0.25, 0.3) is 11.0 Å². The van der Waals surface area contributed by atoms with Crippen LogP contribution < -0.4 is 21.0 Å². The van der Waals surface area contributed by atoms with Crippen molar-refractivity contribution in [1.82, 2.24) is 5.32 Å². The normalized spacial score (nSPS) is 20.5. The molecule has 260 valence electrons. The zero-order chi connectivity index (χ0) is 35.7. The highest BCUT2D eigenvalue weighted by molar-refractivity contribution is 6.06. The second-order valence-corrected chi connectivity index (χ2v) is 13.6. The lowest BCUT2D eigenvalue weighted by Gasteiger charge is -2.47. The number of anilines is 1. The van der Waals surface area contributed by atoms with Gasteiger partial charge in [-0.25, -0.2) is 9.59 Å². The van der Waals surface area contributed by atoms with Gasteiger partial charge in [0.05, 0.1) is 11.0 Å². The van der Waals surface area contributed by atoms with Gasteiger partial charge in [-0.1, -0.05) is 11.6 Å². The number of aryl methyl sites for hydroxylation is 1. The van der Waals surface area contributed by atoms with Crippen molar-refractivity contribution in [3.8, 4) is 17.2 Å². The summed E-state index contributed by atoms with van der Waals surface area (Å²) in [5, 5.41) is 37.8. The highest BCUT2D eigenvalue weighted by atomic mass is 16.7. The molecule has 0 aliphatic carbocycles. The van der Waals surface area contributed by atoms with Crippen LogP contribution in [-0.2, 0) is 20.6 Å². The Morgan fingerprint density at radius 2 is 1.79 bits per heavy atom. The van der Waals surface area contributed by atoms with Crippen LogP contribution in [0.2, 0.25) is 0 Å². The maximum absolute atomic E-state index is 13.1. The van der Waals surface area contributed by atoms with Gasteiger partial charge in [-0.05, 0) is 97.7 Å². The highest BCUT2D eigenvalue weighted by Crippen LogP contribution is 2.38. The number of aromatic hydroxyl groups is 2. The zero-order valence-electron chi connectivity index (χ0n) is 28.6. The van der Waals surface area contributed by atoms with Crippen LogP contribution in [0.1, 0.15) is 70.0 Å². The van der Waals surface area contributed by atoms with E-state index in [9.17, 15) is 29.7 Å². The molecule has 0 bridgehead atoms. The lowest BCUT2D eigenvalue weighted by atomic mass is 9.89. The van der Waals surface area contributed by atoms with Gasteiger partial charge in [0.2, 0.25) is 6.29 Å². The summed E-state index contributed by atoms with van der Waals surface area (Å²) in [6.07, 6.45) is -3.35. The molecule has 48 heavy (non-hydrogen) atoms. The van der Waals surface area contributed by atoms with Crippen molar-refractivity contribution in [2.24, 2.45) is 0 Å². The van der Waals surface area contributed by atoms with E-state index >= 15 is 0 Å². The van der Waals surface area contributed by atoms with E-state index in [1.54, 1.807) is 41.5 Å². The highest BCUT2D eigenvalue weighted by Gasteiger charge is 2.53. The molecule has 1 aliphatic rings. The van der Waals surface area contributed by atoms with Gasteiger partial charge >= 0.3 is 11.7 Å². The smallest absolute Gasteiger partial charge is 0.408 e. The summed E-state index contributed by atoms with van der Waals surface area (Å²) in [6.45, 7) is 14.2. The number of aliphatic hydroxyl groups excluding tert-OH is 1. The quantitative estimate of drug-likeness (QED) is 0.160. The number of allylic oxidation sites excluding steroid dienone is 2. The summed E-state index contributed by atoms with van der Waals surface area (Å²) in [5.74, 6) is -1.05. The predicted octanol–water partition coefficient (Wildman–Crippen LogP) is 5.06. The van der Waals surface area contributed by atoms with Crippen molar-refractivity contribution in [3.05, 3.63) is 69.1 Å². The summed E-state index contributed by atoms with van der Waals surface area (Å²) in [7, 11) is 1.41. The average Bonchev–Trinajstić information content (AvgIpc) is 2.97. The third-order valence-corrected chi connectivity index (χ3v) is 7.79. The molecule has 13 nitrogen and oxygen atoms in total. The van der Waals surface area contributed by atoms with E-state index in [-0.39, 0.29) is 33.6 Å². The van der Waals surface area contributed by atoms with Gasteiger partial charge in [-0.2, -0.15) is 0 Å². The molecule has 4 atom stereocenters. The molecule has 0 saturated carbocycles. The number of hydrogen-bond acceptors (Lipinski definition) is 11. The molecule has 4 rings (SSSR count). The maximum Gasteiger partial charge on any atom is 0.408 e. The Labute approximate surface area is 278 Å². The SMILES string of the molecule is CO[C@@H]1[C@@H](OC(=O)NC(C)(C)C)[C@@H](O)[C@H](Oc2ccc3c(O)c(NC(=O)c4ccc(O)c(CC=C(C)C)c4)c(=O)oc3c2C)OC1(C)C. The van der Waals surface area contributed by atoms with Crippen molar-refractivity contribution in [1.29, 1.82) is 0 Å². The molecule has 0 radical (unpaired) electrons. The fraction of sp³-hybridized carbons (Fsp3) is 0.457. The first kappa shape index (κ1) is 36.2. The number of phenolic OH excluding ortho intramolecular Hbond substituents is 1. The Morgan fingerprint density at radius 3 is 2.42 bits per heavy atom. The van der Waals surface area contributed by atoms with E-state index < -0.39 is 64.8 Å². The topological polar surface area (TPSA) is 186 Å². The second-order valence-electron chi connectivity index (χ2n) is 13.6. The van der Waals surface area contributed by atoms with Crippen LogP contribution in [0.15, 0.2) is 51.2 Å². The molecule has 13 heteroatoms. The van der Waals surface area contributed by atoms with Gasteiger partial charge in [0.1, 0.15) is 23.2 Å². The molecule has 1 aliphatic heterocycles. The number of amides is 2. The van der Waals surface area contributed by atoms with E-state index in [1.807, 2.05) is 19.9 Å². The van der Waals surface area contributed by atoms with Crippen molar-refractivity contribution in [2.45, 2.75) is 97.6 Å². The lowest BCUT2D eigenvalue weighted by molar-refractivity contribution is -0.305. The molecule has 5 N–H and O–H groups in total. The van der Waals surface area contributed by atoms with Gasteiger partial charge in [-0.15, -0.1) is 0 Å². The van der Waals surface area contributed by atoms with Crippen LogP contribution in [0.3, 0.4) is 0 Å². The van der Waals surface area contributed by atoms with Crippen molar-refractivity contribution < 1.29 is 48.3 Å². The van der Waals surface area contributed by atoms with Crippen molar-refractivity contribution in [2.75, 3.05) is 12.4 Å². The number of fused-ring (bicyclic) bond motifs is 1. The standard InChI is InChI=1S/C35H44N2O11/c1-17(2)10-11-19-16-20(12-14-22(19)38)30(41)36-24-25(39)21-13-15-23(18(3)27(21)46-31(24)42)45-32-26(40)28(29(44-9)35(7,8)48-32)47-33(43)37-34(4,5)6/h10,12-16,26,28-29,32,38-40H,11H2,1-9H3,(H,36,41)(H,37,43)/t26-,28+,29-,32-/m1/s1. The molecule has 1 saturated heterocycles. The molecule has 0 unspecified atom stereocenters.